The normalized spacial score (nSPS) is 12.5. The summed E-state index contributed by atoms with van der Waals surface area (Å²) in [6.45, 7) is 2.04. The molecule has 0 radical (unpaired) electrons. The number of para-hydroxylation sites is 1. The Morgan fingerprint density at radius 2 is 2.23 bits per heavy atom. The molecule has 1 N–H and O–H groups in total. The average Bonchev–Trinajstić information content (AvgIpc) is 2.17. The van der Waals surface area contributed by atoms with Gasteiger partial charge in [0.15, 0.2) is 11.5 Å². The van der Waals surface area contributed by atoms with E-state index >= 15 is 0 Å². The molecule has 0 aliphatic rings. The van der Waals surface area contributed by atoms with Crippen molar-refractivity contribution >= 4 is 15.9 Å². The third-order valence-corrected chi connectivity index (χ3v) is 2.98. The Morgan fingerprint density at radius 3 is 2.77 bits per heavy atom. The summed E-state index contributed by atoms with van der Waals surface area (Å²) in [7, 11) is 1.55. The van der Waals surface area contributed by atoms with E-state index in [9.17, 15) is 5.11 Å². The Morgan fingerprint density at radius 1 is 1.54 bits per heavy atom. The molecule has 0 spiro atoms. The Bertz CT molecular complexity index is 286. The van der Waals surface area contributed by atoms with Gasteiger partial charge in [-0.25, -0.2) is 0 Å². The van der Waals surface area contributed by atoms with E-state index in [2.05, 4.69) is 15.9 Å². The Balaban J connectivity index is 3.08. The number of hydrogen-bond acceptors (Lipinski definition) is 2. The van der Waals surface area contributed by atoms with E-state index in [0.29, 0.717) is 5.75 Å². The van der Waals surface area contributed by atoms with Gasteiger partial charge in [0.1, 0.15) is 0 Å². The van der Waals surface area contributed by atoms with E-state index in [4.69, 9.17) is 4.74 Å². The molecule has 0 bridgehead atoms. The van der Waals surface area contributed by atoms with Crippen molar-refractivity contribution in [2.45, 2.75) is 12.8 Å². The topological polar surface area (TPSA) is 29.5 Å². The fraction of sp³-hybridized carbons (Fsp3) is 0.400. The summed E-state index contributed by atoms with van der Waals surface area (Å²) in [5.41, 5.74) is 0.913. The minimum absolute atomic E-state index is 0.247. The fourth-order valence-electron chi connectivity index (χ4n) is 1.18. The third kappa shape index (κ3) is 2.15. The highest BCUT2D eigenvalue weighted by molar-refractivity contribution is 9.09. The van der Waals surface area contributed by atoms with Gasteiger partial charge in [-0.1, -0.05) is 35.0 Å². The van der Waals surface area contributed by atoms with Gasteiger partial charge in [0, 0.05) is 10.9 Å². The first kappa shape index (κ1) is 10.4. The predicted molar refractivity (Wildman–Crippen MR) is 56.9 cm³/mol. The van der Waals surface area contributed by atoms with Gasteiger partial charge < -0.3 is 9.84 Å². The molecule has 3 heteroatoms. The molecule has 0 aliphatic carbocycles. The largest absolute Gasteiger partial charge is 0.504 e. The maximum Gasteiger partial charge on any atom is 0.161 e. The molecular weight excluding hydrogens is 232 g/mol. The predicted octanol–water partition coefficient (Wildman–Crippen LogP) is 2.90. The number of phenols is 1. The molecule has 1 atom stereocenters. The minimum atomic E-state index is 0.247. The van der Waals surface area contributed by atoms with Gasteiger partial charge in [-0.2, -0.15) is 0 Å². The number of aromatic hydroxyl groups is 1. The van der Waals surface area contributed by atoms with Crippen molar-refractivity contribution in [3.63, 3.8) is 0 Å². The number of benzene rings is 1. The molecular formula is C10H13BrO2. The van der Waals surface area contributed by atoms with Crippen LogP contribution in [-0.4, -0.2) is 17.5 Å². The molecule has 72 valence electrons. The van der Waals surface area contributed by atoms with Crippen LogP contribution in [0.5, 0.6) is 11.5 Å². The Labute approximate surface area is 86.7 Å². The first-order chi connectivity index (χ1) is 6.20. The van der Waals surface area contributed by atoms with Crippen molar-refractivity contribution < 1.29 is 9.84 Å². The quantitative estimate of drug-likeness (QED) is 0.829. The van der Waals surface area contributed by atoms with Crippen LogP contribution in [-0.2, 0) is 0 Å². The Hall–Kier alpha value is -0.700. The first-order valence-corrected chi connectivity index (χ1v) is 5.24. The van der Waals surface area contributed by atoms with Crippen LogP contribution in [0.25, 0.3) is 0 Å². The van der Waals surface area contributed by atoms with Gasteiger partial charge in [-0.15, -0.1) is 0 Å². The van der Waals surface area contributed by atoms with Crippen molar-refractivity contribution in [1.82, 2.24) is 0 Å². The number of ether oxygens (including phenoxy) is 1. The molecule has 0 amide bonds. The second-order valence-electron chi connectivity index (χ2n) is 2.95. The van der Waals surface area contributed by atoms with E-state index in [1.54, 1.807) is 13.2 Å². The lowest BCUT2D eigenvalue weighted by Crippen LogP contribution is -1.96. The van der Waals surface area contributed by atoms with Crippen LogP contribution < -0.4 is 4.74 Å². The van der Waals surface area contributed by atoms with Gasteiger partial charge in [-0.3, -0.25) is 0 Å². The van der Waals surface area contributed by atoms with E-state index in [1.165, 1.54) is 0 Å². The zero-order valence-electron chi connectivity index (χ0n) is 7.75. The van der Waals surface area contributed by atoms with Crippen molar-refractivity contribution in [1.29, 1.82) is 0 Å². The van der Waals surface area contributed by atoms with E-state index in [-0.39, 0.29) is 11.7 Å². The smallest absolute Gasteiger partial charge is 0.161 e. The van der Waals surface area contributed by atoms with Gasteiger partial charge >= 0.3 is 0 Å². The van der Waals surface area contributed by atoms with E-state index in [0.717, 1.165) is 10.9 Å². The Kier molecular flexibility index (Phi) is 3.60. The van der Waals surface area contributed by atoms with Crippen LogP contribution in [0, 0.1) is 0 Å². The minimum Gasteiger partial charge on any atom is -0.504 e. The monoisotopic (exact) mass is 244 g/mol. The standard InChI is InChI=1S/C10H13BrO2/c1-7(6-11)8-4-3-5-9(13-2)10(8)12/h3-5,7,12H,6H2,1-2H3. The number of alkyl halides is 1. The zero-order valence-corrected chi connectivity index (χ0v) is 9.34. The van der Waals surface area contributed by atoms with Crippen molar-refractivity contribution in [2.24, 2.45) is 0 Å². The highest BCUT2D eigenvalue weighted by Gasteiger charge is 2.12. The number of rotatable bonds is 3. The lowest BCUT2D eigenvalue weighted by molar-refractivity contribution is 0.369. The first-order valence-electron chi connectivity index (χ1n) is 4.12. The van der Waals surface area contributed by atoms with Crippen molar-refractivity contribution in [3.05, 3.63) is 23.8 Å². The lowest BCUT2D eigenvalue weighted by Gasteiger charge is -2.12. The SMILES string of the molecule is COc1cccc(C(C)CBr)c1O. The highest BCUT2D eigenvalue weighted by Crippen LogP contribution is 2.34. The summed E-state index contributed by atoms with van der Waals surface area (Å²) in [6.07, 6.45) is 0. The summed E-state index contributed by atoms with van der Waals surface area (Å²) in [5.74, 6) is 1.07. The molecule has 0 saturated heterocycles. The number of hydrogen-bond donors (Lipinski definition) is 1. The maximum absolute atomic E-state index is 9.74. The van der Waals surface area contributed by atoms with Crippen molar-refractivity contribution in [2.75, 3.05) is 12.4 Å². The lowest BCUT2D eigenvalue weighted by atomic mass is 10.0. The van der Waals surface area contributed by atoms with Crippen LogP contribution in [0.15, 0.2) is 18.2 Å². The second-order valence-corrected chi connectivity index (χ2v) is 3.60. The molecule has 13 heavy (non-hydrogen) atoms. The number of halogens is 1. The van der Waals surface area contributed by atoms with E-state index < -0.39 is 0 Å². The summed E-state index contributed by atoms with van der Waals surface area (Å²) >= 11 is 3.38. The van der Waals surface area contributed by atoms with Gasteiger partial charge in [0.2, 0.25) is 0 Å². The zero-order chi connectivity index (χ0) is 9.84. The molecule has 1 rings (SSSR count). The summed E-state index contributed by atoms with van der Waals surface area (Å²) in [5, 5.41) is 10.6. The second kappa shape index (κ2) is 4.51. The van der Waals surface area contributed by atoms with Crippen molar-refractivity contribution in [3.8, 4) is 11.5 Å². The summed E-state index contributed by atoms with van der Waals surface area (Å²) in [6, 6.07) is 5.54. The van der Waals surface area contributed by atoms with E-state index in [1.807, 2.05) is 19.1 Å². The van der Waals surface area contributed by atoms with Crippen LogP contribution in [0.4, 0.5) is 0 Å². The molecule has 1 aromatic carbocycles. The van der Waals surface area contributed by atoms with Gasteiger partial charge in [-0.05, 0) is 12.0 Å². The van der Waals surface area contributed by atoms with Crippen LogP contribution in [0.2, 0.25) is 0 Å². The van der Waals surface area contributed by atoms with Crippen LogP contribution >= 0.6 is 15.9 Å². The number of methoxy groups -OCH3 is 1. The number of phenolic OH excluding ortho intramolecular Hbond substituents is 1. The third-order valence-electron chi connectivity index (χ3n) is 2.01. The molecule has 0 fully saturated rings. The van der Waals surface area contributed by atoms with Gasteiger partial charge in [0.05, 0.1) is 7.11 Å². The molecule has 0 heterocycles. The molecule has 2 nitrogen and oxygen atoms in total. The van der Waals surface area contributed by atoms with Crippen LogP contribution in [0.3, 0.4) is 0 Å². The average molecular weight is 245 g/mol. The maximum atomic E-state index is 9.74. The molecule has 0 aromatic heterocycles. The van der Waals surface area contributed by atoms with Crippen LogP contribution in [0.1, 0.15) is 18.4 Å². The molecule has 0 aliphatic heterocycles. The highest BCUT2D eigenvalue weighted by atomic mass is 79.9. The molecule has 1 unspecified atom stereocenters. The summed E-state index contributed by atoms with van der Waals surface area (Å²) < 4.78 is 5.01. The summed E-state index contributed by atoms with van der Waals surface area (Å²) in [4.78, 5) is 0. The molecule has 0 saturated carbocycles. The molecule has 1 aromatic rings. The van der Waals surface area contributed by atoms with Gasteiger partial charge in [0.25, 0.3) is 0 Å². The fourth-order valence-corrected chi connectivity index (χ4v) is 1.53.